The van der Waals surface area contributed by atoms with Gasteiger partial charge in [0.15, 0.2) is 0 Å². The van der Waals surface area contributed by atoms with E-state index in [2.05, 4.69) is 37.2 Å². The molecule has 0 aliphatic heterocycles. The fourth-order valence-electron chi connectivity index (χ4n) is 1.76. The van der Waals surface area contributed by atoms with Crippen molar-refractivity contribution in [1.29, 1.82) is 0 Å². The molecule has 0 atom stereocenters. The third-order valence-corrected chi connectivity index (χ3v) is 4.13. The third kappa shape index (κ3) is 3.02. The fourth-order valence-corrected chi connectivity index (χ4v) is 2.89. The second kappa shape index (κ2) is 5.93. The number of anilines is 2. The molecule has 104 valence electrons. The Morgan fingerprint density at radius 3 is 2.65 bits per heavy atom. The largest absolute Gasteiger partial charge is 0.397 e. The van der Waals surface area contributed by atoms with E-state index in [0.717, 1.165) is 5.56 Å². The summed E-state index contributed by atoms with van der Waals surface area (Å²) in [7, 11) is 0. The van der Waals surface area contributed by atoms with Crippen LogP contribution in [0.1, 0.15) is 15.9 Å². The van der Waals surface area contributed by atoms with Crippen LogP contribution in [0.25, 0.3) is 0 Å². The lowest BCUT2D eigenvalue weighted by Gasteiger charge is -2.12. The van der Waals surface area contributed by atoms with Crippen LogP contribution in [0.2, 0.25) is 0 Å². The first kappa shape index (κ1) is 15.0. The summed E-state index contributed by atoms with van der Waals surface area (Å²) >= 11 is 6.42. The predicted molar refractivity (Wildman–Crippen MR) is 85.3 cm³/mol. The van der Waals surface area contributed by atoms with E-state index in [1.54, 1.807) is 6.07 Å². The van der Waals surface area contributed by atoms with E-state index in [-0.39, 0.29) is 10.0 Å². The highest BCUT2D eigenvalue weighted by Crippen LogP contribution is 2.31. The molecule has 1 amide bonds. The highest BCUT2D eigenvalue weighted by atomic mass is 79.9. The van der Waals surface area contributed by atoms with Gasteiger partial charge in [-0.1, -0.05) is 6.07 Å². The molecule has 0 heterocycles. The minimum atomic E-state index is -0.492. The van der Waals surface area contributed by atoms with E-state index >= 15 is 0 Å². The molecule has 0 aliphatic carbocycles. The molecule has 3 N–H and O–H groups in total. The zero-order valence-corrected chi connectivity index (χ0v) is 13.7. The minimum Gasteiger partial charge on any atom is -0.397 e. The number of hydrogen-bond donors (Lipinski definition) is 2. The molecular weight excluding hydrogens is 391 g/mol. The Kier molecular flexibility index (Phi) is 4.45. The van der Waals surface area contributed by atoms with Gasteiger partial charge < -0.3 is 11.1 Å². The molecule has 2 aromatic rings. The number of hydrogen-bond acceptors (Lipinski definition) is 2. The number of nitrogens with two attached hydrogens (primary N) is 1. The van der Waals surface area contributed by atoms with Gasteiger partial charge in [0.2, 0.25) is 0 Å². The van der Waals surface area contributed by atoms with E-state index in [0.29, 0.717) is 15.8 Å². The predicted octanol–water partition coefficient (Wildman–Crippen LogP) is 4.49. The van der Waals surface area contributed by atoms with Gasteiger partial charge in [-0.25, -0.2) is 4.39 Å². The van der Waals surface area contributed by atoms with Crippen LogP contribution in [-0.2, 0) is 0 Å². The molecule has 0 fully saturated rings. The molecule has 0 aromatic heterocycles. The Labute approximate surface area is 132 Å². The maximum atomic E-state index is 13.4. The number of carbonyl (C=O) groups is 1. The third-order valence-electron chi connectivity index (χ3n) is 2.70. The van der Waals surface area contributed by atoms with Crippen molar-refractivity contribution in [2.24, 2.45) is 0 Å². The lowest BCUT2D eigenvalue weighted by atomic mass is 10.1. The average molecular weight is 402 g/mol. The van der Waals surface area contributed by atoms with Crippen molar-refractivity contribution in [1.82, 2.24) is 0 Å². The summed E-state index contributed by atoms with van der Waals surface area (Å²) in [4.78, 5) is 12.2. The molecule has 0 saturated heterocycles. The van der Waals surface area contributed by atoms with Crippen LogP contribution < -0.4 is 11.1 Å². The first-order valence-corrected chi connectivity index (χ1v) is 7.29. The number of carbonyl (C=O) groups excluding carboxylic acids is 1. The van der Waals surface area contributed by atoms with Crippen LogP contribution in [0, 0.1) is 12.7 Å². The zero-order valence-electron chi connectivity index (χ0n) is 10.5. The molecule has 0 radical (unpaired) electrons. The van der Waals surface area contributed by atoms with Gasteiger partial charge in [0.25, 0.3) is 5.91 Å². The van der Waals surface area contributed by atoms with Crippen LogP contribution in [0.3, 0.4) is 0 Å². The first-order valence-electron chi connectivity index (χ1n) is 5.71. The van der Waals surface area contributed by atoms with Gasteiger partial charge in [-0.2, -0.15) is 0 Å². The summed E-state index contributed by atoms with van der Waals surface area (Å²) in [5.74, 6) is -0.929. The molecule has 0 bridgehead atoms. The molecule has 0 aliphatic rings. The lowest BCUT2D eigenvalue weighted by Crippen LogP contribution is -2.15. The van der Waals surface area contributed by atoms with Crippen molar-refractivity contribution >= 4 is 49.1 Å². The number of rotatable bonds is 2. The fraction of sp³-hybridized carbons (Fsp3) is 0.0714. The van der Waals surface area contributed by atoms with Crippen LogP contribution in [0.15, 0.2) is 39.3 Å². The van der Waals surface area contributed by atoms with E-state index in [9.17, 15) is 9.18 Å². The van der Waals surface area contributed by atoms with E-state index < -0.39 is 11.7 Å². The Morgan fingerprint density at radius 1 is 1.30 bits per heavy atom. The van der Waals surface area contributed by atoms with Crippen LogP contribution in [-0.4, -0.2) is 5.91 Å². The molecule has 0 unspecified atom stereocenters. The molecule has 0 spiro atoms. The van der Waals surface area contributed by atoms with Gasteiger partial charge in [-0.05, 0) is 68.6 Å². The number of nitrogens with one attached hydrogen (secondary N) is 1. The second-order valence-electron chi connectivity index (χ2n) is 4.27. The van der Waals surface area contributed by atoms with Gasteiger partial charge in [-0.15, -0.1) is 0 Å². The van der Waals surface area contributed by atoms with E-state index in [4.69, 9.17) is 5.73 Å². The molecule has 2 rings (SSSR count). The quantitative estimate of drug-likeness (QED) is 0.728. The Bertz CT molecular complexity index is 666. The molecule has 3 nitrogen and oxygen atoms in total. The van der Waals surface area contributed by atoms with E-state index in [1.165, 1.54) is 18.2 Å². The molecule has 20 heavy (non-hydrogen) atoms. The number of benzene rings is 2. The SMILES string of the molecule is Cc1cc(N)c(NC(=O)c2cccc(F)c2Br)c(Br)c1. The standard InChI is InChI=1S/C14H11Br2FN2O/c1-7-5-9(15)13(11(18)6-7)19-14(20)8-3-2-4-10(17)12(8)16/h2-6H,18H2,1H3,(H,19,20). The summed E-state index contributed by atoms with van der Waals surface area (Å²) in [6.07, 6.45) is 0. The molecule has 0 saturated carbocycles. The smallest absolute Gasteiger partial charge is 0.257 e. The monoisotopic (exact) mass is 400 g/mol. The zero-order chi connectivity index (χ0) is 14.9. The molecule has 2 aromatic carbocycles. The van der Waals surface area contributed by atoms with Crippen LogP contribution in [0.4, 0.5) is 15.8 Å². The molecule has 6 heteroatoms. The van der Waals surface area contributed by atoms with Crippen molar-refractivity contribution in [3.05, 3.63) is 56.2 Å². The topological polar surface area (TPSA) is 55.1 Å². The Morgan fingerprint density at radius 2 is 2.00 bits per heavy atom. The van der Waals surface area contributed by atoms with E-state index in [1.807, 2.05) is 13.0 Å². The normalized spacial score (nSPS) is 10.4. The van der Waals surface area contributed by atoms with Crippen molar-refractivity contribution in [3.8, 4) is 0 Å². The number of aryl methyl sites for hydroxylation is 1. The maximum Gasteiger partial charge on any atom is 0.257 e. The van der Waals surface area contributed by atoms with Gasteiger partial charge in [-0.3, -0.25) is 4.79 Å². The summed E-state index contributed by atoms with van der Waals surface area (Å²) in [6, 6.07) is 7.87. The number of nitrogen functional groups attached to an aromatic ring is 1. The Hall–Kier alpha value is -1.40. The number of amides is 1. The van der Waals surface area contributed by atoms with Crippen molar-refractivity contribution in [2.75, 3.05) is 11.1 Å². The summed E-state index contributed by atoms with van der Waals surface area (Å²) in [5.41, 5.74) is 7.97. The van der Waals surface area contributed by atoms with Gasteiger partial charge in [0.05, 0.1) is 21.4 Å². The first-order chi connectivity index (χ1) is 9.40. The van der Waals surface area contributed by atoms with Gasteiger partial charge >= 0.3 is 0 Å². The van der Waals surface area contributed by atoms with Crippen LogP contribution >= 0.6 is 31.9 Å². The average Bonchev–Trinajstić information content (AvgIpc) is 2.36. The summed E-state index contributed by atoms with van der Waals surface area (Å²) in [6.45, 7) is 1.90. The maximum absolute atomic E-state index is 13.4. The summed E-state index contributed by atoms with van der Waals surface area (Å²) < 4.78 is 14.2. The number of halogens is 3. The van der Waals surface area contributed by atoms with Crippen molar-refractivity contribution < 1.29 is 9.18 Å². The second-order valence-corrected chi connectivity index (χ2v) is 5.91. The van der Waals surface area contributed by atoms with Crippen molar-refractivity contribution in [3.63, 3.8) is 0 Å². The highest BCUT2D eigenvalue weighted by Gasteiger charge is 2.15. The van der Waals surface area contributed by atoms with Crippen LogP contribution in [0.5, 0.6) is 0 Å². The van der Waals surface area contributed by atoms with Crippen molar-refractivity contribution in [2.45, 2.75) is 6.92 Å². The molecular formula is C14H11Br2FN2O. The Balaban J connectivity index is 2.36. The summed E-state index contributed by atoms with van der Waals surface area (Å²) in [5, 5.41) is 2.68. The minimum absolute atomic E-state index is 0.124. The van der Waals surface area contributed by atoms with Gasteiger partial charge in [0.1, 0.15) is 5.82 Å². The lowest BCUT2D eigenvalue weighted by molar-refractivity contribution is 0.102. The van der Waals surface area contributed by atoms with Gasteiger partial charge in [0, 0.05) is 4.47 Å². The highest BCUT2D eigenvalue weighted by molar-refractivity contribution is 9.11.